The Morgan fingerprint density at radius 3 is 2.83 bits per heavy atom. The van der Waals surface area contributed by atoms with Crippen molar-refractivity contribution in [2.75, 3.05) is 13.6 Å². The molecule has 1 aromatic carbocycles. The molecule has 0 atom stereocenters. The molecule has 1 aromatic heterocycles. The average molecular weight is 442 g/mol. The molecule has 0 fully saturated rings. The van der Waals surface area contributed by atoms with Crippen molar-refractivity contribution < 1.29 is 0 Å². The third kappa shape index (κ3) is 4.44. The Hall–Kier alpha value is -1.15. The topological polar surface area (TPSA) is 40.5 Å². The molecule has 0 unspecified atom stereocenters. The van der Waals surface area contributed by atoms with Crippen LogP contribution in [0.1, 0.15) is 28.8 Å². The van der Waals surface area contributed by atoms with Gasteiger partial charge in [-0.3, -0.25) is 4.99 Å². The first-order chi connectivity index (χ1) is 10.8. The van der Waals surface area contributed by atoms with Crippen molar-refractivity contribution in [2.24, 2.45) is 4.99 Å². The van der Waals surface area contributed by atoms with Gasteiger partial charge >= 0.3 is 0 Å². The van der Waals surface area contributed by atoms with E-state index in [1.54, 1.807) is 11.3 Å². The Labute approximate surface area is 159 Å². The Morgan fingerprint density at radius 2 is 2.13 bits per heavy atom. The van der Waals surface area contributed by atoms with Gasteiger partial charge in [-0.15, -0.1) is 35.3 Å². The molecule has 124 valence electrons. The van der Waals surface area contributed by atoms with Gasteiger partial charge in [0, 0.05) is 25.5 Å². The van der Waals surface area contributed by atoms with Crippen LogP contribution in [-0.4, -0.2) is 29.4 Å². The molecule has 23 heavy (non-hydrogen) atoms. The maximum Gasteiger partial charge on any atom is 0.194 e. The summed E-state index contributed by atoms with van der Waals surface area (Å²) >= 11 is 1.73. The van der Waals surface area contributed by atoms with Gasteiger partial charge in [0.1, 0.15) is 0 Å². The fourth-order valence-corrected chi connectivity index (χ4v) is 3.52. The lowest BCUT2D eigenvalue weighted by Gasteiger charge is -2.31. The van der Waals surface area contributed by atoms with Crippen LogP contribution in [-0.2, 0) is 25.9 Å². The first kappa shape index (κ1) is 18.2. The normalized spacial score (nSPS) is 14.2. The van der Waals surface area contributed by atoms with E-state index in [9.17, 15) is 0 Å². The zero-order chi connectivity index (χ0) is 15.4. The number of rotatable bonds is 3. The monoisotopic (exact) mass is 442 g/mol. The summed E-state index contributed by atoms with van der Waals surface area (Å²) in [6.07, 6.45) is 2.08. The maximum atomic E-state index is 4.60. The van der Waals surface area contributed by atoms with Crippen molar-refractivity contribution in [1.29, 1.82) is 0 Å². The Morgan fingerprint density at radius 1 is 1.35 bits per heavy atom. The minimum absolute atomic E-state index is 0. The standard InChI is InChI=1S/C17H22N4S.HI/c1-3-16-20-15(12-22-16)10-19-17(18-2)21-9-8-13-6-4-5-7-14(13)11-21;/h4-7,12H,3,8-11H2,1-2H3,(H,18,19);1H. The van der Waals surface area contributed by atoms with Gasteiger partial charge in [-0.05, 0) is 24.0 Å². The zero-order valence-electron chi connectivity index (χ0n) is 13.6. The predicted octanol–water partition coefficient (Wildman–Crippen LogP) is 3.46. The van der Waals surface area contributed by atoms with Gasteiger partial charge in [0.15, 0.2) is 5.96 Å². The molecular formula is C17H23IN4S. The summed E-state index contributed by atoms with van der Waals surface area (Å²) in [5.41, 5.74) is 3.96. The molecule has 2 heterocycles. The minimum Gasteiger partial charge on any atom is -0.351 e. The maximum absolute atomic E-state index is 4.60. The number of benzene rings is 1. The van der Waals surface area contributed by atoms with Crippen molar-refractivity contribution in [2.45, 2.75) is 32.9 Å². The third-order valence-corrected chi connectivity index (χ3v) is 5.01. The van der Waals surface area contributed by atoms with Crippen LogP contribution in [0.3, 0.4) is 0 Å². The molecule has 1 aliphatic heterocycles. The second-order valence-electron chi connectivity index (χ2n) is 5.43. The number of nitrogens with one attached hydrogen (secondary N) is 1. The van der Waals surface area contributed by atoms with E-state index in [0.29, 0.717) is 0 Å². The van der Waals surface area contributed by atoms with Crippen LogP contribution >= 0.6 is 35.3 Å². The quantitative estimate of drug-likeness (QED) is 0.450. The lowest BCUT2D eigenvalue weighted by atomic mass is 10.0. The van der Waals surface area contributed by atoms with Crippen LogP contribution in [0.4, 0.5) is 0 Å². The van der Waals surface area contributed by atoms with Crippen molar-refractivity contribution in [3.05, 3.63) is 51.5 Å². The van der Waals surface area contributed by atoms with Gasteiger partial charge in [0.25, 0.3) is 0 Å². The highest BCUT2D eigenvalue weighted by molar-refractivity contribution is 14.0. The number of fused-ring (bicyclic) bond motifs is 1. The van der Waals surface area contributed by atoms with E-state index >= 15 is 0 Å². The molecule has 1 N–H and O–H groups in total. The molecule has 0 radical (unpaired) electrons. The van der Waals surface area contributed by atoms with Crippen molar-refractivity contribution in [3.63, 3.8) is 0 Å². The summed E-state index contributed by atoms with van der Waals surface area (Å²) in [6, 6.07) is 8.67. The number of hydrogen-bond acceptors (Lipinski definition) is 3. The first-order valence-corrected chi connectivity index (χ1v) is 8.63. The highest BCUT2D eigenvalue weighted by Gasteiger charge is 2.18. The Kier molecular flexibility index (Phi) is 6.83. The molecule has 4 nitrogen and oxygen atoms in total. The summed E-state index contributed by atoms with van der Waals surface area (Å²) < 4.78 is 0. The lowest BCUT2D eigenvalue weighted by molar-refractivity contribution is 0.378. The molecule has 0 amide bonds. The van der Waals surface area contributed by atoms with Gasteiger partial charge in [-0.1, -0.05) is 31.2 Å². The third-order valence-electron chi connectivity index (χ3n) is 3.97. The number of thiazole rings is 1. The predicted molar refractivity (Wildman–Crippen MR) is 108 cm³/mol. The number of nitrogens with zero attached hydrogens (tertiary/aromatic N) is 3. The first-order valence-electron chi connectivity index (χ1n) is 7.75. The van der Waals surface area contributed by atoms with E-state index in [1.807, 2.05) is 7.05 Å². The second-order valence-corrected chi connectivity index (χ2v) is 6.37. The van der Waals surface area contributed by atoms with Crippen LogP contribution in [0.15, 0.2) is 34.6 Å². The lowest BCUT2D eigenvalue weighted by Crippen LogP contribution is -2.43. The largest absolute Gasteiger partial charge is 0.351 e. The van der Waals surface area contributed by atoms with Gasteiger partial charge in [-0.25, -0.2) is 4.98 Å². The number of guanidine groups is 1. The van der Waals surface area contributed by atoms with Crippen LogP contribution in [0.25, 0.3) is 0 Å². The molecule has 0 spiro atoms. The highest BCUT2D eigenvalue weighted by Crippen LogP contribution is 2.18. The summed E-state index contributed by atoms with van der Waals surface area (Å²) in [7, 11) is 1.85. The van der Waals surface area contributed by atoms with Gasteiger partial charge in [-0.2, -0.15) is 0 Å². The van der Waals surface area contributed by atoms with Gasteiger partial charge in [0.2, 0.25) is 0 Å². The molecule has 0 saturated carbocycles. The average Bonchev–Trinajstić information content (AvgIpc) is 3.03. The summed E-state index contributed by atoms with van der Waals surface area (Å²) in [5, 5.41) is 6.77. The van der Waals surface area contributed by atoms with Crippen molar-refractivity contribution in [1.82, 2.24) is 15.2 Å². The van der Waals surface area contributed by atoms with E-state index in [2.05, 4.69) is 56.8 Å². The molecule has 1 aliphatic rings. The molecule has 0 bridgehead atoms. The zero-order valence-corrected chi connectivity index (χ0v) is 16.7. The van der Waals surface area contributed by atoms with Crippen LogP contribution in [0, 0.1) is 0 Å². The second kappa shape index (κ2) is 8.63. The fourth-order valence-electron chi connectivity index (χ4n) is 2.77. The smallest absolute Gasteiger partial charge is 0.194 e. The Bertz CT molecular complexity index is 668. The number of aryl methyl sites for hydroxylation is 1. The van der Waals surface area contributed by atoms with Crippen LogP contribution in [0.2, 0.25) is 0 Å². The molecule has 0 aliphatic carbocycles. The molecule has 0 saturated heterocycles. The number of aliphatic imine (C=N–C) groups is 1. The van der Waals surface area contributed by atoms with E-state index in [0.717, 1.165) is 44.1 Å². The molecular weight excluding hydrogens is 419 g/mol. The molecule has 2 aromatic rings. The SMILES string of the molecule is CCc1nc(CNC(=NC)N2CCc3ccccc3C2)cs1.I. The van der Waals surface area contributed by atoms with Crippen molar-refractivity contribution >= 4 is 41.3 Å². The number of aromatic nitrogens is 1. The highest BCUT2D eigenvalue weighted by atomic mass is 127. The number of halogens is 1. The van der Waals surface area contributed by atoms with Crippen molar-refractivity contribution in [3.8, 4) is 0 Å². The van der Waals surface area contributed by atoms with E-state index < -0.39 is 0 Å². The van der Waals surface area contributed by atoms with E-state index in [4.69, 9.17) is 0 Å². The minimum atomic E-state index is 0. The van der Waals surface area contributed by atoms with E-state index in [1.165, 1.54) is 16.1 Å². The summed E-state index contributed by atoms with van der Waals surface area (Å²) in [5.74, 6) is 0.959. The van der Waals surface area contributed by atoms with E-state index in [-0.39, 0.29) is 24.0 Å². The Balaban J connectivity index is 0.00000192. The fraction of sp³-hybridized carbons (Fsp3) is 0.412. The molecule has 3 rings (SSSR count). The molecule has 6 heteroatoms. The van der Waals surface area contributed by atoms with Crippen LogP contribution < -0.4 is 5.32 Å². The van der Waals surface area contributed by atoms with Gasteiger partial charge in [0.05, 0.1) is 17.2 Å². The summed E-state index contributed by atoms with van der Waals surface area (Å²) in [6.45, 7) is 4.81. The number of hydrogen-bond donors (Lipinski definition) is 1. The van der Waals surface area contributed by atoms with Crippen LogP contribution in [0.5, 0.6) is 0 Å². The van der Waals surface area contributed by atoms with Gasteiger partial charge < -0.3 is 10.2 Å². The summed E-state index contributed by atoms with van der Waals surface area (Å²) in [4.78, 5) is 11.3.